The Kier molecular flexibility index (Phi) is 23.5. The second kappa shape index (κ2) is 28.4. The molecule has 0 radical (unpaired) electrons. The first-order valence-corrected chi connectivity index (χ1v) is 24.5. The number of carbonyl (C=O) groups is 9. The number of rotatable bonds is 28. The summed E-state index contributed by atoms with van der Waals surface area (Å²) in [6.45, 7) is 6.09. The number of hydrogen-bond donors (Lipinski definition) is 12. The molecule has 11 atom stereocenters. The van der Waals surface area contributed by atoms with E-state index in [2.05, 4.69) is 31.9 Å². The van der Waals surface area contributed by atoms with Gasteiger partial charge in [0.2, 0.25) is 47.3 Å². The third-order valence-electron chi connectivity index (χ3n) is 12.0. The Bertz CT molecular complexity index is 2110. The molecule has 0 unspecified atom stereocenters. The lowest BCUT2D eigenvalue weighted by molar-refractivity contribution is -0.149. The molecule has 1 heterocycles. The fourth-order valence-electron chi connectivity index (χ4n) is 7.57. The van der Waals surface area contributed by atoms with Gasteiger partial charge < -0.3 is 68.7 Å². The van der Waals surface area contributed by atoms with E-state index in [4.69, 9.17) is 11.5 Å². The number of nitrogens with zero attached hydrogens (tertiary/aromatic N) is 1. The minimum atomic E-state index is -1.73. The third kappa shape index (κ3) is 17.9. The number of benzene rings is 2. The van der Waals surface area contributed by atoms with Gasteiger partial charge in [0, 0.05) is 25.8 Å². The quantitative estimate of drug-likeness (QED) is 0.0453. The smallest absolute Gasteiger partial charge is 0.326 e. The summed E-state index contributed by atoms with van der Waals surface area (Å²) in [5.41, 5.74) is 12.6. The maximum absolute atomic E-state index is 14.4. The number of phenolic OH excluding ortho intramolecular Hbond substituents is 1. The molecule has 1 aliphatic heterocycles. The highest BCUT2D eigenvalue weighted by Crippen LogP contribution is 2.20. The van der Waals surface area contributed by atoms with Crippen molar-refractivity contribution < 1.29 is 63.6 Å². The molecule has 0 spiro atoms. The predicted molar refractivity (Wildman–Crippen MR) is 258 cm³/mol. The minimum absolute atomic E-state index is 0.0427. The van der Waals surface area contributed by atoms with E-state index in [-0.39, 0.29) is 56.1 Å². The van der Waals surface area contributed by atoms with Crippen LogP contribution in [0.25, 0.3) is 0 Å². The van der Waals surface area contributed by atoms with Crippen molar-refractivity contribution in [3.63, 3.8) is 0 Å². The molecule has 0 saturated carbocycles. The molecule has 0 aromatic heterocycles. The second-order valence-corrected chi connectivity index (χ2v) is 18.5. The molecule has 2 aromatic rings. The number of thioether (sulfide) groups is 1. The fourth-order valence-corrected chi connectivity index (χ4v) is 8.04. The zero-order valence-corrected chi connectivity index (χ0v) is 40.9. The van der Waals surface area contributed by atoms with Crippen molar-refractivity contribution in [2.75, 3.05) is 18.6 Å². The Morgan fingerprint density at radius 2 is 1.17 bits per heavy atom. The maximum atomic E-state index is 14.4. The lowest BCUT2D eigenvalue weighted by Crippen LogP contribution is -2.63. The minimum Gasteiger partial charge on any atom is -0.508 e. The highest BCUT2D eigenvalue weighted by atomic mass is 32.2. The molecule has 0 bridgehead atoms. The highest BCUT2D eigenvalue weighted by molar-refractivity contribution is 7.98. The monoisotopic (exact) mass is 999 g/mol. The Balaban J connectivity index is 1.92. The van der Waals surface area contributed by atoms with Gasteiger partial charge in [-0.15, -0.1) is 0 Å². The van der Waals surface area contributed by atoms with Crippen LogP contribution in [0.1, 0.15) is 77.3 Å². The van der Waals surface area contributed by atoms with Gasteiger partial charge in [0.25, 0.3) is 0 Å². The number of hydrogen-bond acceptors (Lipinski definition) is 14. The SMILES string of the molecule is CC[C@H](C)[C@H](N)C(=O)N[C@H](C(=O)N[C@H](C(=O)N[C@@H](CCSC)C(=O)N[C@@H](CCC(N)=O)C(=O)N[C@@H](Cc1ccc(O)cc1)C(=O)N[C@@H](Cc1ccccc1)C(=O)N1CCC[C@H]1C(=O)O)[C@@H](C)O)[C@@H](C)O. The van der Waals surface area contributed by atoms with E-state index < -0.39 is 120 Å². The van der Waals surface area contributed by atoms with E-state index in [0.29, 0.717) is 24.0 Å². The van der Waals surface area contributed by atoms with Crippen molar-refractivity contribution in [2.45, 2.75) is 140 Å². The molecule has 2 aromatic carbocycles. The first-order chi connectivity index (χ1) is 33.1. The van der Waals surface area contributed by atoms with Gasteiger partial charge in [0.05, 0.1) is 18.2 Å². The van der Waals surface area contributed by atoms with Crippen LogP contribution in [0.4, 0.5) is 0 Å². The standard InChI is InChI=1S/C47H69N9O13S/c1-6-25(2)37(49)43(64)54-39(27(4)58)45(66)55-38(26(3)57)44(65)51-32(20-22-70-5)41(62)50-31(18-19-36(48)60)40(61)52-33(23-29-14-16-30(59)17-15-29)42(63)53-34(24-28-11-8-7-9-12-28)46(67)56-21-10-13-35(56)47(68)69/h7-9,11-12,14-17,25-27,31-35,37-39,57-59H,6,10,13,18-24,49H2,1-5H3,(H2,48,60)(H,50,62)(H,51,65)(H,52,61)(H,53,63)(H,54,64)(H,55,66)(H,68,69)/t25-,26+,27+,31-,32-,33-,34-,35-,37-,38-,39-/m0/s1. The first-order valence-electron chi connectivity index (χ1n) is 23.1. The Labute approximate surface area is 411 Å². The van der Waals surface area contributed by atoms with Crippen LogP contribution >= 0.6 is 11.8 Å². The van der Waals surface area contributed by atoms with Gasteiger partial charge in [-0.25, -0.2) is 4.79 Å². The molecule has 3 rings (SSSR count). The number of aliphatic hydroxyl groups is 2. The summed E-state index contributed by atoms with van der Waals surface area (Å²) >= 11 is 1.30. The van der Waals surface area contributed by atoms with Crippen molar-refractivity contribution >= 4 is 65.0 Å². The van der Waals surface area contributed by atoms with Gasteiger partial charge >= 0.3 is 5.97 Å². The number of aliphatic carboxylic acids is 1. The number of amides is 8. The van der Waals surface area contributed by atoms with E-state index in [0.717, 1.165) is 0 Å². The van der Waals surface area contributed by atoms with Crippen LogP contribution in [-0.4, -0.2) is 158 Å². The van der Waals surface area contributed by atoms with Crippen molar-refractivity contribution in [1.29, 1.82) is 0 Å². The molecule has 1 fully saturated rings. The number of phenols is 1. The largest absolute Gasteiger partial charge is 0.508 e. The van der Waals surface area contributed by atoms with Crippen LogP contribution in [0.15, 0.2) is 54.6 Å². The van der Waals surface area contributed by atoms with Crippen molar-refractivity contribution in [2.24, 2.45) is 17.4 Å². The van der Waals surface area contributed by atoms with Gasteiger partial charge in [0.15, 0.2) is 0 Å². The Morgan fingerprint density at radius 1 is 0.686 bits per heavy atom. The molecule has 8 amide bonds. The normalized spacial score (nSPS) is 17.7. The number of nitrogens with two attached hydrogens (primary N) is 2. The second-order valence-electron chi connectivity index (χ2n) is 17.5. The van der Waals surface area contributed by atoms with E-state index in [1.165, 1.54) is 54.8 Å². The predicted octanol–water partition coefficient (Wildman–Crippen LogP) is -1.68. The summed E-state index contributed by atoms with van der Waals surface area (Å²) in [6.07, 6.45) is -1.27. The number of carbonyl (C=O) groups excluding carboxylic acids is 8. The average Bonchev–Trinajstić information content (AvgIpc) is 3.82. The van der Waals surface area contributed by atoms with Gasteiger partial charge in [-0.1, -0.05) is 62.7 Å². The van der Waals surface area contributed by atoms with Gasteiger partial charge in [-0.2, -0.15) is 11.8 Å². The highest BCUT2D eigenvalue weighted by Gasteiger charge is 2.40. The van der Waals surface area contributed by atoms with E-state index >= 15 is 0 Å². The van der Waals surface area contributed by atoms with Crippen molar-refractivity contribution in [3.05, 3.63) is 65.7 Å². The molecule has 14 N–H and O–H groups in total. The van der Waals surface area contributed by atoms with Gasteiger partial charge in [-0.05, 0) is 80.7 Å². The third-order valence-corrected chi connectivity index (χ3v) is 12.6. The van der Waals surface area contributed by atoms with Crippen LogP contribution in [0.3, 0.4) is 0 Å². The molecule has 1 saturated heterocycles. The summed E-state index contributed by atoms with van der Waals surface area (Å²) in [5, 5.41) is 55.9. The molecule has 22 nitrogen and oxygen atoms in total. The van der Waals surface area contributed by atoms with Crippen LogP contribution in [-0.2, 0) is 56.0 Å². The molecular formula is C47H69N9O13S. The summed E-state index contributed by atoms with van der Waals surface area (Å²) in [6, 6.07) is 3.13. The number of aromatic hydroxyl groups is 1. The lowest BCUT2D eigenvalue weighted by atomic mass is 9.98. The molecule has 23 heteroatoms. The van der Waals surface area contributed by atoms with E-state index in [1.807, 2.05) is 6.92 Å². The zero-order valence-electron chi connectivity index (χ0n) is 40.1. The van der Waals surface area contributed by atoms with E-state index in [1.54, 1.807) is 43.5 Å². The summed E-state index contributed by atoms with van der Waals surface area (Å²) in [5.74, 6) is -8.41. The molecule has 0 aliphatic carbocycles. The number of likely N-dealkylation sites (tertiary alicyclic amines) is 1. The Hall–Kier alpha value is -6.30. The average molecular weight is 1000 g/mol. The molecular weight excluding hydrogens is 931 g/mol. The lowest BCUT2D eigenvalue weighted by Gasteiger charge is -2.30. The number of aliphatic hydroxyl groups excluding tert-OH is 2. The number of primary amides is 1. The topological polar surface area (TPSA) is 362 Å². The number of carboxylic acids is 1. The zero-order chi connectivity index (χ0) is 52.2. The van der Waals surface area contributed by atoms with Gasteiger partial charge in [0.1, 0.15) is 48.0 Å². The van der Waals surface area contributed by atoms with Crippen LogP contribution < -0.4 is 43.4 Å². The summed E-state index contributed by atoms with van der Waals surface area (Å²) < 4.78 is 0. The number of carboxylic acid groups (broad SMARTS) is 1. The summed E-state index contributed by atoms with van der Waals surface area (Å²) in [7, 11) is 0. The van der Waals surface area contributed by atoms with Crippen molar-refractivity contribution in [3.8, 4) is 5.75 Å². The summed E-state index contributed by atoms with van der Waals surface area (Å²) in [4.78, 5) is 122. The maximum Gasteiger partial charge on any atom is 0.326 e. The van der Waals surface area contributed by atoms with E-state index in [9.17, 15) is 63.6 Å². The molecule has 70 heavy (non-hydrogen) atoms. The van der Waals surface area contributed by atoms with Crippen LogP contribution in [0.2, 0.25) is 0 Å². The molecule has 386 valence electrons. The van der Waals surface area contributed by atoms with Gasteiger partial charge in [-0.3, -0.25) is 38.4 Å². The first kappa shape index (κ1) is 58.0. The Morgan fingerprint density at radius 3 is 1.71 bits per heavy atom. The molecule has 1 aliphatic rings. The fraction of sp³-hybridized carbons (Fsp3) is 0.553. The number of nitrogens with one attached hydrogen (secondary N) is 6. The van der Waals surface area contributed by atoms with Crippen molar-refractivity contribution in [1.82, 2.24) is 36.8 Å². The van der Waals surface area contributed by atoms with Crippen LogP contribution in [0.5, 0.6) is 5.75 Å². The van der Waals surface area contributed by atoms with Crippen LogP contribution in [0, 0.1) is 5.92 Å².